The van der Waals surface area contributed by atoms with Gasteiger partial charge in [0.15, 0.2) is 0 Å². The predicted molar refractivity (Wildman–Crippen MR) is 89.5 cm³/mol. The van der Waals surface area contributed by atoms with E-state index in [9.17, 15) is 4.79 Å². The zero-order chi connectivity index (χ0) is 15.5. The Morgan fingerprint density at radius 1 is 1.05 bits per heavy atom. The second-order valence-corrected chi connectivity index (χ2v) is 5.64. The fourth-order valence-electron chi connectivity index (χ4n) is 2.49. The van der Waals surface area contributed by atoms with E-state index in [2.05, 4.69) is 0 Å². The second-order valence-electron chi connectivity index (χ2n) is 5.20. The first-order chi connectivity index (χ1) is 10.6. The first-order valence-electron chi connectivity index (χ1n) is 7.07. The molecule has 0 aromatic heterocycles. The maximum atomic E-state index is 12.2. The van der Waals surface area contributed by atoms with E-state index in [1.807, 2.05) is 49.4 Å². The topological polar surface area (TPSA) is 26.3 Å². The van der Waals surface area contributed by atoms with Crippen molar-refractivity contribution in [3.05, 3.63) is 76.8 Å². The number of carbonyl (C=O) groups is 1. The molecule has 0 N–H and O–H groups in total. The lowest BCUT2D eigenvalue weighted by molar-refractivity contribution is -0.133. The van der Waals surface area contributed by atoms with Crippen LogP contribution in [0.1, 0.15) is 11.1 Å². The number of rotatable bonds is 3. The molecule has 0 radical (unpaired) electrons. The van der Waals surface area contributed by atoms with Gasteiger partial charge >= 0.3 is 5.97 Å². The number of ether oxygens (including phenoxy) is 1. The average Bonchev–Trinajstić information content (AvgIpc) is 2.50. The average molecular weight is 311 g/mol. The van der Waals surface area contributed by atoms with Gasteiger partial charge in [0.2, 0.25) is 0 Å². The van der Waals surface area contributed by atoms with Crippen molar-refractivity contribution in [3.63, 3.8) is 0 Å². The van der Waals surface area contributed by atoms with Gasteiger partial charge in [-0.2, -0.15) is 0 Å². The number of fused-ring (bicyclic) bond motifs is 1. The maximum absolute atomic E-state index is 12.2. The molecule has 110 valence electrons. The highest BCUT2D eigenvalue weighted by Crippen LogP contribution is 2.23. The predicted octanol–water partition coefficient (Wildman–Crippen LogP) is 4.95. The molecule has 0 spiro atoms. The largest absolute Gasteiger partial charge is 0.426 e. The summed E-state index contributed by atoms with van der Waals surface area (Å²) in [4.78, 5) is 12.2. The molecule has 3 aromatic carbocycles. The molecule has 3 rings (SSSR count). The molecule has 0 atom stereocenters. The summed E-state index contributed by atoms with van der Waals surface area (Å²) in [6.07, 6.45) is 0.240. The number of esters is 1. The normalized spacial score (nSPS) is 10.6. The van der Waals surface area contributed by atoms with Crippen LogP contribution in [0.25, 0.3) is 10.8 Å². The Bertz CT molecular complexity index is 834. The highest BCUT2D eigenvalue weighted by molar-refractivity contribution is 6.30. The van der Waals surface area contributed by atoms with Gasteiger partial charge in [0.25, 0.3) is 0 Å². The van der Waals surface area contributed by atoms with Gasteiger partial charge in [-0.1, -0.05) is 54.1 Å². The van der Waals surface area contributed by atoms with E-state index in [0.717, 1.165) is 21.9 Å². The van der Waals surface area contributed by atoms with Crippen LogP contribution in [0, 0.1) is 6.92 Å². The number of benzene rings is 3. The summed E-state index contributed by atoms with van der Waals surface area (Å²) in [7, 11) is 0. The minimum Gasteiger partial charge on any atom is -0.426 e. The van der Waals surface area contributed by atoms with Gasteiger partial charge in [0, 0.05) is 5.02 Å². The fourth-order valence-corrected chi connectivity index (χ4v) is 2.71. The molecule has 0 unspecified atom stereocenters. The molecule has 0 aliphatic carbocycles. The van der Waals surface area contributed by atoms with E-state index in [0.29, 0.717) is 10.8 Å². The molecule has 0 aliphatic heterocycles. The smallest absolute Gasteiger partial charge is 0.315 e. The van der Waals surface area contributed by atoms with E-state index >= 15 is 0 Å². The Labute approximate surface area is 134 Å². The van der Waals surface area contributed by atoms with Gasteiger partial charge in [0.05, 0.1) is 6.42 Å². The van der Waals surface area contributed by atoms with Gasteiger partial charge in [-0.15, -0.1) is 0 Å². The number of hydrogen-bond donors (Lipinski definition) is 0. The van der Waals surface area contributed by atoms with Crippen molar-refractivity contribution >= 4 is 28.3 Å². The monoisotopic (exact) mass is 310 g/mol. The lowest BCUT2D eigenvalue weighted by Crippen LogP contribution is -2.12. The van der Waals surface area contributed by atoms with Gasteiger partial charge in [-0.3, -0.25) is 4.79 Å². The Morgan fingerprint density at radius 2 is 1.82 bits per heavy atom. The van der Waals surface area contributed by atoms with Crippen LogP contribution in [0.3, 0.4) is 0 Å². The molecule has 0 bridgehead atoms. The molecule has 0 saturated carbocycles. The standard InChI is InChI=1S/C19H15ClO2/c1-13-11-16(20)9-10-18(13)22-19(21)12-15-7-4-6-14-5-2-3-8-17(14)15/h2-11H,12H2,1H3. The molecule has 2 nitrogen and oxygen atoms in total. The van der Waals surface area contributed by atoms with Crippen LogP contribution < -0.4 is 4.74 Å². The van der Waals surface area contributed by atoms with Crippen LogP contribution in [0.2, 0.25) is 5.02 Å². The molecule has 22 heavy (non-hydrogen) atoms. The molecule has 0 fully saturated rings. The Hall–Kier alpha value is -2.32. The summed E-state index contributed by atoms with van der Waals surface area (Å²) >= 11 is 5.91. The summed E-state index contributed by atoms with van der Waals surface area (Å²) in [5.74, 6) is 0.274. The maximum Gasteiger partial charge on any atom is 0.315 e. The zero-order valence-corrected chi connectivity index (χ0v) is 12.9. The van der Waals surface area contributed by atoms with E-state index in [-0.39, 0.29) is 12.4 Å². The highest BCUT2D eigenvalue weighted by atomic mass is 35.5. The third-order valence-corrected chi connectivity index (χ3v) is 3.81. The van der Waals surface area contributed by atoms with Crippen molar-refractivity contribution in [1.82, 2.24) is 0 Å². The lowest BCUT2D eigenvalue weighted by Gasteiger charge is -2.09. The second kappa shape index (κ2) is 6.20. The molecule has 0 saturated heterocycles. The summed E-state index contributed by atoms with van der Waals surface area (Å²) in [6.45, 7) is 1.87. The van der Waals surface area contributed by atoms with Crippen LogP contribution in [0.5, 0.6) is 5.75 Å². The lowest BCUT2D eigenvalue weighted by atomic mass is 10.0. The Kier molecular flexibility index (Phi) is 4.12. The molecule has 3 heteroatoms. The van der Waals surface area contributed by atoms with Crippen molar-refractivity contribution in [3.8, 4) is 5.75 Å². The van der Waals surface area contributed by atoms with Gasteiger partial charge in [-0.25, -0.2) is 0 Å². The molecular weight excluding hydrogens is 296 g/mol. The quantitative estimate of drug-likeness (QED) is 0.505. The number of carbonyl (C=O) groups excluding carboxylic acids is 1. The van der Waals surface area contributed by atoms with Crippen LogP contribution >= 0.6 is 11.6 Å². The summed E-state index contributed by atoms with van der Waals surface area (Å²) in [6, 6.07) is 19.2. The van der Waals surface area contributed by atoms with E-state index in [4.69, 9.17) is 16.3 Å². The van der Waals surface area contributed by atoms with Crippen LogP contribution in [-0.4, -0.2) is 5.97 Å². The first-order valence-corrected chi connectivity index (χ1v) is 7.45. The van der Waals surface area contributed by atoms with Gasteiger partial charge in [0.1, 0.15) is 5.75 Å². The van der Waals surface area contributed by atoms with Crippen molar-refractivity contribution < 1.29 is 9.53 Å². The van der Waals surface area contributed by atoms with Gasteiger partial charge < -0.3 is 4.74 Å². The summed E-state index contributed by atoms with van der Waals surface area (Å²) in [5, 5.41) is 2.83. The molecule has 0 amide bonds. The van der Waals surface area contributed by atoms with E-state index in [1.165, 1.54) is 0 Å². The van der Waals surface area contributed by atoms with Crippen LogP contribution in [-0.2, 0) is 11.2 Å². The molecule has 0 aliphatic rings. The third-order valence-electron chi connectivity index (χ3n) is 3.58. The summed E-state index contributed by atoms with van der Waals surface area (Å²) < 4.78 is 5.46. The van der Waals surface area contributed by atoms with Crippen molar-refractivity contribution in [2.45, 2.75) is 13.3 Å². The van der Waals surface area contributed by atoms with E-state index < -0.39 is 0 Å². The molecule has 0 heterocycles. The van der Waals surface area contributed by atoms with Crippen LogP contribution in [0.4, 0.5) is 0 Å². The van der Waals surface area contributed by atoms with Crippen molar-refractivity contribution in [2.75, 3.05) is 0 Å². The van der Waals surface area contributed by atoms with Crippen molar-refractivity contribution in [2.24, 2.45) is 0 Å². The number of aryl methyl sites for hydroxylation is 1. The van der Waals surface area contributed by atoms with Crippen LogP contribution in [0.15, 0.2) is 60.7 Å². The number of hydrogen-bond acceptors (Lipinski definition) is 2. The minimum atomic E-state index is -0.276. The molecule has 3 aromatic rings. The fraction of sp³-hybridized carbons (Fsp3) is 0.105. The number of halogens is 1. The SMILES string of the molecule is Cc1cc(Cl)ccc1OC(=O)Cc1cccc2ccccc12. The minimum absolute atomic E-state index is 0.240. The molecular formula is C19H15ClO2. The zero-order valence-electron chi connectivity index (χ0n) is 12.2. The third kappa shape index (κ3) is 3.12. The Morgan fingerprint density at radius 3 is 2.64 bits per heavy atom. The van der Waals surface area contributed by atoms with Crippen molar-refractivity contribution in [1.29, 1.82) is 0 Å². The highest BCUT2D eigenvalue weighted by Gasteiger charge is 2.10. The van der Waals surface area contributed by atoms with Gasteiger partial charge in [-0.05, 0) is 47.0 Å². The summed E-state index contributed by atoms with van der Waals surface area (Å²) in [5.41, 5.74) is 1.81. The van der Waals surface area contributed by atoms with E-state index in [1.54, 1.807) is 18.2 Å². The Balaban J connectivity index is 1.81. The first kappa shape index (κ1) is 14.6.